The highest BCUT2D eigenvalue weighted by molar-refractivity contribution is 7.99. The monoisotopic (exact) mass is 706 g/mol. The predicted octanol–water partition coefficient (Wildman–Crippen LogP) is 5.05. The molecule has 0 spiro atoms. The van der Waals surface area contributed by atoms with Crippen molar-refractivity contribution in [2.45, 2.75) is 55.8 Å². The molecule has 13 nitrogen and oxygen atoms in total. The minimum Gasteiger partial charge on any atom is -0.445 e. The van der Waals surface area contributed by atoms with E-state index in [-0.39, 0.29) is 31.8 Å². The summed E-state index contributed by atoms with van der Waals surface area (Å²) in [6.07, 6.45) is -1.73. The van der Waals surface area contributed by atoms with E-state index >= 15 is 0 Å². The number of hydrogen-bond acceptors (Lipinski definition) is 11. The van der Waals surface area contributed by atoms with Crippen molar-refractivity contribution in [3.63, 3.8) is 0 Å². The van der Waals surface area contributed by atoms with E-state index in [1.807, 2.05) is 84.9 Å². The fraction of sp³-hybridized carbons (Fsp3) is 0.243. The number of thioether (sulfide) groups is 1. The van der Waals surface area contributed by atoms with Crippen LogP contribution in [0, 0.1) is 0 Å². The molecule has 5 aromatic rings. The zero-order valence-corrected chi connectivity index (χ0v) is 28.1. The Morgan fingerprint density at radius 2 is 1.57 bits per heavy atom. The SMILES string of the molecule is O=C(NC1CC(=O)N(c2ccc(C3OC(CSc4nnnn4-c4ccccc4)CC(c4ccc(CO)cc4)O3)cc2)C1=O)OCc1ccccc1. The molecule has 3 heterocycles. The molecule has 2 aliphatic heterocycles. The first-order valence-electron chi connectivity index (χ1n) is 16.4. The highest BCUT2D eigenvalue weighted by atomic mass is 32.2. The van der Waals surface area contributed by atoms with Gasteiger partial charge in [0.15, 0.2) is 6.29 Å². The first-order chi connectivity index (χ1) is 24.9. The molecule has 4 unspecified atom stereocenters. The van der Waals surface area contributed by atoms with E-state index < -0.39 is 30.2 Å². The van der Waals surface area contributed by atoms with Crippen molar-refractivity contribution in [3.8, 4) is 5.69 Å². The number of carbonyl (C=O) groups excluding carboxylic acids is 3. The number of tetrazole rings is 1. The van der Waals surface area contributed by atoms with Gasteiger partial charge in [-0.1, -0.05) is 96.7 Å². The van der Waals surface area contributed by atoms with Crippen LogP contribution in [0.3, 0.4) is 0 Å². The molecule has 3 amide bonds. The number of hydrogen-bond donors (Lipinski definition) is 2. The van der Waals surface area contributed by atoms with Gasteiger partial charge in [0.2, 0.25) is 11.1 Å². The fourth-order valence-electron chi connectivity index (χ4n) is 5.89. The van der Waals surface area contributed by atoms with Crippen molar-refractivity contribution < 1.29 is 33.7 Å². The number of carbonyl (C=O) groups is 3. The molecule has 260 valence electrons. The predicted molar refractivity (Wildman–Crippen MR) is 185 cm³/mol. The summed E-state index contributed by atoms with van der Waals surface area (Å²) in [6, 6.07) is 32.2. The van der Waals surface area contributed by atoms with Gasteiger partial charge >= 0.3 is 6.09 Å². The van der Waals surface area contributed by atoms with Crippen molar-refractivity contribution in [1.29, 1.82) is 0 Å². The average molecular weight is 707 g/mol. The quantitative estimate of drug-likeness (QED) is 0.140. The van der Waals surface area contributed by atoms with Gasteiger partial charge in [-0.3, -0.25) is 9.59 Å². The van der Waals surface area contributed by atoms with E-state index in [1.165, 1.54) is 11.8 Å². The van der Waals surface area contributed by atoms with Crippen LogP contribution in [0.4, 0.5) is 10.5 Å². The number of rotatable bonds is 11. The molecular formula is C37H34N6O7S. The van der Waals surface area contributed by atoms with Crippen molar-refractivity contribution in [2.75, 3.05) is 10.7 Å². The summed E-state index contributed by atoms with van der Waals surface area (Å²) in [5.74, 6) is -0.446. The summed E-state index contributed by atoms with van der Waals surface area (Å²) in [6.45, 7) is -0.0185. The standard InChI is InChI=1S/C37H34N6O7S/c44-21-24-11-13-26(14-12-24)32-19-30(23-51-36-39-40-41-43(36)29-9-5-2-6-10-29)49-35(50-32)27-15-17-28(18-16-27)42-33(45)20-31(34(42)46)38-37(47)48-22-25-7-3-1-4-8-25/h1-18,30-32,35,44H,19-23H2,(H,38,47). The van der Waals surface area contributed by atoms with E-state index in [4.69, 9.17) is 14.2 Å². The highest BCUT2D eigenvalue weighted by Crippen LogP contribution is 2.40. The van der Waals surface area contributed by atoms with Crippen molar-refractivity contribution in [3.05, 3.63) is 131 Å². The van der Waals surface area contributed by atoms with Crippen LogP contribution in [0.15, 0.2) is 114 Å². The Hall–Kier alpha value is -5.41. The second-order valence-corrected chi connectivity index (χ2v) is 13.0. The summed E-state index contributed by atoms with van der Waals surface area (Å²) in [4.78, 5) is 39.7. The van der Waals surface area contributed by atoms with Crippen molar-refractivity contribution in [1.82, 2.24) is 25.5 Å². The minimum absolute atomic E-state index is 0.0406. The summed E-state index contributed by atoms with van der Waals surface area (Å²) >= 11 is 1.47. The van der Waals surface area contributed by atoms with E-state index in [1.54, 1.807) is 28.9 Å². The second kappa shape index (κ2) is 15.6. The first-order valence-corrected chi connectivity index (χ1v) is 17.3. The Kier molecular flexibility index (Phi) is 10.4. The number of imide groups is 1. The average Bonchev–Trinajstić information content (AvgIpc) is 3.76. The van der Waals surface area contributed by atoms with E-state index in [2.05, 4.69) is 20.8 Å². The van der Waals surface area contributed by atoms with Gasteiger partial charge in [-0.25, -0.2) is 9.69 Å². The lowest BCUT2D eigenvalue weighted by Crippen LogP contribution is -2.42. The minimum atomic E-state index is -1.04. The van der Waals surface area contributed by atoms with E-state index in [0.717, 1.165) is 27.3 Å². The maximum atomic E-state index is 13.2. The molecule has 0 aliphatic carbocycles. The Labute approximate surface area is 297 Å². The Bertz CT molecular complexity index is 1960. The van der Waals surface area contributed by atoms with Gasteiger partial charge in [-0.05, 0) is 51.4 Å². The van der Waals surface area contributed by atoms with Crippen molar-refractivity contribution >= 4 is 35.4 Å². The number of benzene rings is 4. The molecular weight excluding hydrogens is 673 g/mol. The normalized spacial score (nSPS) is 20.4. The van der Waals surface area contributed by atoms with Crippen molar-refractivity contribution in [2.24, 2.45) is 0 Å². The second-order valence-electron chi connectivity index (χ2n) is 12.0. The molecule has 0 bridgehead atoms. The van der Waals surface area contributed by atoms with Gasteiger partial charge in [-0.15, -0.1) is 5.10 Å². The molecule has 0 radical (unpaired) electrons. The highest BCUT2D eigenvalue weighted by Gasteiger charge is 2.41. The summed E-state index contributed by atoms with van der Waals surface area (Å²) in [5.41, 5.74) is 4.44. The number of amides is 3. The summed E-state index contributed by atoms with van der Waals surface area (Å²) in [7, 11) is 0. The van der Waals surface area contributed by atoms with Crippen LogP contribution in [-0.2, 0) is 37.0 Å². The zero-order chi connectivity index (χ0) is 35.2. The number of ether oxygens (including phenoxy) is 3. The topological polar surface area (TPSA) is 158 Å². The van der Waals surface area contributed by atoms with Gasteiger partial charge in [0, 0.05) is 17.7 Å². The third-order valence-electron chi connectivity index (χ3n) is 8.53. The van der Waals surface area contributed by atoms with Crippen LogP contribution in [0.5, 0.6) is 0 Å². The number of nitrogens with one attached hydrogen (secondary N) is 1. The number of aromatic nitrogens is 4. The molecule has 2 saturated heterocycles. The smallest absolute Gasteiger partial charge is 0.408 e. The molecule has 51 heavy (non-hydrogen) atoms. The van der Waals surface area contributed by atoms with Crippen LogP contribution >= 0.6 is 11.8 Å². The summed E-state index contributed by atoms with van der Waals surface area (Å²) < 4.78 is 19.9. The van der Waals surface area contributed by atoms with Crippen LogP contribution in [-0.4, -0.2) is 61.1 Å². The van der Waals surface area contributed by atoms with E-state index in [9.17, 15) is 19.5 Å². The fourth-order valence-corrected chi connectivity index (χ4v) is 6.80. The van der Waals surface area contributed by atoms with Crippen LogP contribution in [0.25, 0.3) is 5.69 Å². The Morgan fingerprint density at radius 1 is 0.863 bits per heavy atom. The maximum Gasteiger partial charge on any atom is 0.408 e. The molecule has 7 rings (SSSR count). The van der Waals surface area contributed by atoms with Gasteiger partial charge in [0.05, 0.1) is 36.6 Å². The number of nitrogens with zero attached hydrogens (tertiary/aromatic N) is 5. The molecule has 4 aromatic carbocycles. The molecule has 4 atom stereocenters. The molecule has 14 heteroatoms. The Morgan fingerprint density at radius 3 is 2.29 bits per heavy atom. The van der Waals surface area contributed by atoms with E-state index in [0.29, 0.717) is 28.6 Å². The zero-order valence-electron chi connectivity index (χ0n) is 27.3. The van der Waals surface area contributed by atoms with Gasteiger partial charge in [-0.2, -0.15) is 4.68 Å². The van der Waals surface area contributed by atoms with Gasteiger partial charge in [0.25, 0.3) is 5.91 Å². The lowest BCUT2D eigenvalue weighted by molar-refractivity contribution is -0.245. The van der Waals surface area contributed by atoms with Crippen LogP contribution in [0.1, 0.15) is 47.5 Å². The first kappa shape index (κ1) is 34.1. The summed E-state index contributed by atoms with van der Waals surface area (Å²) in [5, 5.41) is 24.9. The molecule has 2 N–H and O–H groups in total. The maximum absolute atomic E-state index is 13.2. The number of aliphatic hydroxyl groups is 1. The molecule has 2 aliphatic rings. The number of alkyl carbamates (subject to hydrolysis) is 1. The van der Waals surface area contributed by atoms with Crippen LogP contribution < -0.4 is 10.2 Å². The lowest BCUT2D eigenvalue weighted by Gasteiger charge is -2.36. The number of anilines is 1. The molecule has 2 fully saturated rings. The lowest BCUT2D eigenvalue weighted by atomic mass is 10.0. The Balaban J connectivity index is 1.03. The number of para-hydroxylation sites is 1. The third kappa shape index (κ3) is 7.99. The third-order valence-corrected chi connectivity index (χ3v) is 9.58. The van der Waals surface area contributed by atoms with Crippen LogP contribution in [0.2, 0.25) is 0 Å². The number of aliphatic hydroxyl groups excluding tert-OH is 1. The molecule has 0 saturated carbocycles. The van der Waals surface area contributed by atoms with Gasteiger partial charge < -0.3 is 24.6 Å². The van der Waals surface area contributed by atoms with Gasteiger partial charge in [0.1, 0.15) is 12.6 Å². The molecule has 1 aromatic heterocycles. The largest absolute Gasteiger partial charge is 0.445 e.